The van der Waals surface area contributed by atoms with Gasteiger partial charge >= 0.3 is 0 Å². The first-order valence-corrected chi connectivity index (χ1v) is 9.65. The number of amides is 1. The summed E-state index contributed by atoms with van der Waals surface area (Å²) in [6, 6.07) is 17.1. The fourth-order valence-electron chi connectivity index (χ4n) is 2.32. The molecule has 0 atom stereocenters. The van der Waals surface area contributed by atoms with Crippen LogP contribution in [0.1, 0.15) is 10.4 Å². The fraction of sp³-hybridized carbons (Fsp3) is 0. The molecule has 0 aliphatic heterocycles. The zero-order valence-corrected chi connectivity index (χ0v) is 15.4. The van der Waals surface area contributed by atoms with Crippen molar-refractivity contribution in [3.8, 4) is 0 Å². The second kappa shape index (κ2) is 7.77. The highest BCUT2D eigenvalue weighted by Crippen LogP contribution is 2.22. The maximum Gasteiger partial charge on any atom is 0.261 e. The Hall–Kier alpha value is -2.90. The summed E-state index contributed by atoms with van der Waals surface area (Å²) in [5, 5.41) is 3.01. The number of hydrogen-bond acceptors (Lipinski definition) is 3. The first kappa shape index (κ1) is 18.9. The fourth-order valence-corrected chi connectivity index (χ4v) is 3.52. The second-order valence-electron chi connectivity index (χ2n) is 5.57. The van der Waals surface area contributed by atoms with Crippen LogP contribution in [0.4, 0.5) is 15.8 Å². The average Bonchev–Trinajstić information content (AvgIpc) is 2.64. The highest BCUT2D eigenvalue weighted by molar-refractivity contribution is 7.92. The molecule has 0 aliphatic rings. The minimum Gasteiger partial charge on any atom is -0.322 e. The van der Waals surface area contributed by atoms with Gasteiger partial charge in [-0.2, -0.15) is 0 Å². The van der Waals surface area contributed by atoms with Crippen molar-refractivity contribution in [1.82, 2.24) is 0 Å². The molecular formula is C19H14ClFN2O3S. The van der Waals surface area contributed by atoms with E-state index in [1.807, 2.05) is 0 Å². The Morgan fingerprint density at radius 2 is 1.52 bits per heavy atom. The van der Waals surface area contributed by atoms with Crippen LogP contribution in [0.3, 0.4) is 0 Å². The molecule has 3 aromatic carbocycles. The Morgan fingerprint density at radius 3 is 2.19 bits per heavy atom. The van der Waals surface area contributed by atoms with Gasteiger partial charge in [0, 0.05) is 10.7 Å². The molecule has 0 saturated carbocycles. The molecule has 3 aromatic rings. The standard InChI is InChI=1S/C19H14ClFN2O3S/c20-13-5-11-16(12-6-13)27(25,26)23-18-4-2-1-3-17(18)19(24)22-15-9-7-14(21)8-10-15/h1-12,23H,(H,22,24). The van der Waals surface area contributed by atoms with Gasteiger partial charge in [-0.05, 0) is 60.7 Å². The van der Waals surface area contributed by atoms with E-state index in [0.717, 1.165) is 0 Å². The minimum atomic E-state index is -3.90. The molecule has 0 radical (unpaired) electrons. The van der Waals surface area contributed by atoms with Crippen LogP contribution in [0.25, 0.3) is 0 Å². The van der Waals surface area contributed by atoms with Crippen molar-refractivity contribution < 1.29 is 17.6 Å². The van der Waals surface area contributed by atoms with E-state index in [-0.39, 0.29) is 16.1 Å². The lowest BCUT2D eigenvalue weighted by molar-refractivity contribution is 0.102. The molecule has 0 aliphatic carbocycles. The van der Waals surface area contributed by atoms with Gasteiger partial charge in [0.2, 0.25) is 0 Å². The number of benzene rings is 3. The summed E-state index contributed by atoms with van der Waals surface area (Å²) in [7, 11) is -3.90. The topological polar surface area (TPSA) is 75.3 Å². The number of halogens is 2. The van der Waals surface area contributed by atoms with Crippen molar-refractivity contribution in [1.29, 1.82) is 0 Å². The van der Waals surface area contributed by atoms with Gasteiger partial charge in [-0.1, -0.05) is 23.7 Å². The summed E-state index contributed by atoms with van der Waals surface area (Å²) in [4.78, 5) is 12.5. The Balaban J connectivity index is 1.86. The lowest BCUT2D eigenvalue weighted by Crippen LogP contribution is -2.18. The van der Waals surface area contributed by atoms with E-state index in [0.29, 0.717) is 10.7 Å². The predicted molar refractivity (Wildman–Crippen MR) is 103 cm³/mol. The summed E-state index contributed by atoms with van der Waals surface area (Å²) in [5.41, 5.74) is 0.628. The molecular weight excluding hydrogens is 391 g/mol. The molecule has 0 aromatic heterocycles. The van der Waals surface area contributed by atoms with Crippen LogP contribution in [-0.4, -0.2) is 14.3 Å². The molecule has 2 N–H and O–H groups in total. The largest absolute Gasteiger partial charge is 0.322 e. The molecule has 138 valence electrons. The number of carbonyl (C=O) groups is 1. The minimum absolute atomic E-state index is 0.0145. The highest BCUT2D eigenvalue weighted by Gasteiger charge is 2.18. The Morgan fingerprint density at radius 1 is 0.889 bits per heavy atom. The maximum atomic E-state index is 13.0. The second-order valence-corrected chi connectivity index (χ2v) is 7.68. The van der Waals surface area contributed by atoms with Gasteiger partial charge in [0.25, 0.3) is 15.9 Å². The summed E-state index contributed by atoms with van der Waals surface area (Å²) in [6.07, 6.45) is 0. The van der Waals surface area contributed by atoms with Gasteiger partial charge in [0.1, 0.15) is 5.82 Å². The zero-order valence-electron chi connectivity index (χ0n) is 13.8. The molecule has 0 saturated heterocycles. The van der Waals surface area contributed by atoms with Crippen molar-refractivity contribution >= 4 is 38.9 Å². The summed E-state index contributed by atoms with van der Waals surface area (Å²) < 4.78 is 40.5. The van der Waals surface area contributed by atoms with Crippen LogP contribution in [0.15, 0.2) is 77.7 Å². The summed E-state index contributed by atoms with van der Waals surface area (Å²) in [6.45, 7) is 0. The van der Waals surface area contributed by atoms with Crippen molar-refractivity contribution in [3.63, 3.8) is 0 Å². The van der Waals surface area contributed by atoms with Crippen LogP contribution in [0, 0.1) is 5.82 Å². The smallest absolute Gasteiger partial charge is 0.261 e. The highest BCUT2D eigenvalue weighted by atomic mass is 35.5. The lowest BCUT2D eigenvalue weighted by atomic mass is 10.1. The van der Waals surface area contributed by atoms with E-state index in [2.05, 4.69) is 10.0 Å². The van der Waals surface area contributed by atoms with Crippen molar-refractivity contribution in [2.24, 2.45) is 0 Å². The average molecular weight is 405 g/mol. The quantitative estimate of drug-likeness (QED) is 0.655. The monoisotopic (exact) mass is 404 g/mol. The predicted octanol–water partition coefficient (Wildman–Crippen LogP) is 4.53. The molecule has 5 nitrogen and oxygen atoms in total. The number of rotatable bonds is 5. The first-order chi connectivity index (χ1) is 12.8. The van der Waals surface area contributed by atoms with Gasteiger partial charge in [-0.25, -0.2) is 12.8 Å². The third-order valence-corrected chi connectivity index (χ3v) is 5.28. The Labute approximate surface area is 160 Å². The van der Waals surface area contributed by atoms with E-state index in [1.165, 1.54) is 60.7 Å². The van der Waals surface area contributed by atoms with Crippen molar-refractivity contribution in [3.05, 3.63) is 89.2 Å². The van der Waals surface area contributed by atoms with Gasteiger partial charge in [0.05, 0.1) is 16.1 Å². The van der Waals surface area contributed by atoms with Crippen molar-refractivity contribution in [2.45, 2.75) is 4.90 Å². The molecule has 27 heavy (non-hydrogen) atoms. The molecule has 0 bridgehead atoms. The normalized spacial score (nSPS) is 11.0. The van der Waals surface area contributed by atoms with Gasteiger partial charge < -0.3 is 5.32 Å². The molecule has 0 fully saturated rings. The third-order valence-electron chi connectivity index (χ3n) is 3.64. The number of anilines is 2. The van der Waals surface area contributed by atoms with Crippen LogP contribution < -0.4 is 10.0 Å². The molecule has 0 unspecified atom stereocenters. The molecule has 1 amide bonds. The number of hydrogen-bond donors (Lipinski definition) is 2. The molecule has 8 heteroatoms. The Kier molecular flexibility index (Phi) is 5.43. The van der Waals surface area contributed by atoms with E-state index < -0.39 is 21.7 Å². The number of para-hydroxylation sites is 1. The number of carbonyl (C=O) groups excluding carboxylic acids is 1. The number of nitrogens with one attached hydrogen (secondary N) is 2. The van der Waals surface area contributed by atoms with E-state index in [4.69, 9.17) is 11.6 Å². The molecule has 3 rings (SSSR count). The van der Waals surface area contributed by atoms with Crippen LogP contribution in [-0.2, 0) is 10.0 Å². The van der Waals surface area contributed by atoms with Crippen molar-refractivity contribution in [2.75, 3.05) is 10.0 Å². The molecule has 0 spiro atoms. The van der Waals surface area contributed by atoms with E-state index in [1.54, 1.807) is 12.1 Å². The first-order valence-electron chi connectivity index (χ1n) is 7.79. The lowest BCUT2D eigenvalue weighted by Gasteiger charge is -2.13. The van der Waals surface area contributed by atoms with E-state index in [9.17, 15) is 17.6 Å². The van der Waals surface area contributed by atoms with Crippen LogP contribution in [0.2, 0.25) is 5.02 Å². The maximum absolute atomic E-state index is 13.0. The molecule has 0 heterocycles. The SMILES string of the molecule is O=C(Nc1ccc(F)cc1)c1ccccc1NS(=O)(=O)c1ccc(Cl)cc1. The summed E-state index contributed by atoms with van der Waals surface area (Å²) in [5.74, 6) is -0.958. The van der Waals surface area contributed by atoms with Gasteiger partial charge in [-0.15, -0.1) is 0 Å². The van der Waals surface area contributed by atoms with Crippen LogP contribution >= 0.6 is 11.6 Å². The van der Waals surface area contributed by atoms with Gasteiger partial charge in [0.15, 0.2) is 0 Å². The van der Waals surface area contributed by atoms with E-state index >= 15 is 0 Å². The third kappa shape index (κ3) is 4.64. The van der Waals surface area contributed by atoms with Gasteiger partial charge in [-0.3, -0.25) is 9.52 Å². The Bertz CT molecular complexity index is 1070. The summed E-state index contributed by atoms with van der Waals surface area (Å²) >= 11 is 5.78. The van der Waals surface area contributed by atoms with Crippen LogP contribution in [0.5, 0.6) is 0 Å². The number of sulfonamides is 1. The zero-order chi connectivity index (χ0) is 19.4.